The van der Waals surface area contributed by atoms with Crippen molar-refractivity contribution in [1.82, 2.24) is 19.7 Å². The molecule has 11 heteroatoms. The Kier molecular flexibility index (Phi) is 7.58. The first-order chi connectivity index (χ1) is 14.4. The molecule has 2 aromatic rings. The maximum absolute atomic E-state index is 13.2. The zero-order valence-electron chi connectivity index (χ0n) is 17.3. The Labute approximate surface area is 198 Å². The van der Waals surface area contributed by atoms with Crippen LogP contribution in [0.1, 0.15) is 24.1 Å². The number of benzene rings is 1. The smallest absolute Gasteiger partial charge is 0.220 e. The van der Waals surface area contributed by atoms with Gasteiger partial charge in [0.2, 0.25) is 10.0 Å². The van der Waals surface area contributed by atoms with E-state index in [4.69, 9.17) is 4.52 Å². The van der Waals surface area contributed by atoms with Crippen molar-refractivity contribution in [3.8, 4) is 0 Å². The molecule has 4 rings (SSSR count). The number of hydrogen-bond donors (Lipinski definition) is 1. The number of aromatic nitrogens is 1. The molecule has 0 radical (unpaired) electrons. The van der Waals surface area contributed by atoms with Gasteiger partial charge in [0.05, 0.1) is 5.69 Å². The predicted octanol–water partition coefficient (Wildman–Crippen LogP) is 2.19. The van der Waals surface area contributed by atoms with E-state index in [2.05, 4.69) is 20.4 Å². The minimum absolute atomic E-state index is 0. The van der Waals surface area contributed by atoms with Gasteiger partial charge < -0.3 is 14.7 Å². The molecule has 0 unspecified atom stereocenters. The van der Waals surface area contributed by atoms with Crippen molar-refractivity contribution < 1.29 is 17.3 Å². The number of nitrogens with one attached hydrogen (secondary N) is 1. The Hall–Kier alpha value is -1.73. The summed E-state index contributed by atoms with van der Waals surface area (Å²) in [5, 5.41) is 7.13. The second-order valence-corrected chi connectivity index (χ2v) is 9.79. The van der Waals surface area contributed by atoms with Crippen LogP contribution in [-0.4, -0.2) is 68.5 Å². The van der Waals surface area contributed by atoms with Gasteiger partial charge in [0.15, 0.2) is 5.96 Å². The van der Waals surface area contributed by atoms with E-state index in [1.807, 2.05) is 12.1 Å². The lowest BCUT2D eigenvalue weighted by Gasteiger charge is -2.36. The van der Waals surface area contributed by atoms with Crippen molar-refractivity contribution in [2.45, 2.75) is 24.0 Å². The largest absolute Gasteiger partial charge is 0.364 e. The molecule has 1 aromatic heterocycles. The molecule has 0 atom stereocenters. The van der Waals surface area contributed by atoms with Gasteiger partial charge in [-0.3, -0.25) is 4.99 Å². The summed E-state index contributed by atoms with van der Waals surface area (Å²) in [7, 11) is -1.70. The fourth-order valence-electron chi connectivity index (χ4n) is 3.87. The van der Waals surface area contributed by atoms with Gasteiger partial charge in [-0.05, 0) is 30.5 Å². The van der Waals surface area contributed by atoms with Crippen LogP contribution in [0.2, 0.25) is 0 Å². The van der Waals surface area contributed by atoms with E-state index in [9.17, 15) is 12.8 Å². The third kappa shape index (κ3) is 5.55. The Morgan fingerprint density at radius 1 is 1.19 bits per heavy atom. The summed E-state index contributed by atoms with van der Waals surface area (Å²) in [6.45, 7) is 2.62. The standard InChI is InChI=1S/C20H26FN5O3S.HI/c1-22-19(23-15-20(7-8-20)16-2-4-17(21)5-3-16)25-9-11-26(12-10-25)30(27,28)14-18-6-13-29-24-18;/h2-6,13H,7-12,14-15H2,1H3,(H,22,23);1H. The molecule has 2 heterocycles. The van der Waals surface area contributed by atoms with Gasteiger partial charge in [-0.15, -0.1) is 24.0 Å². The van der Waals surface area contributed by atoms with Crippen LogP contribution < -0.4 is 5.32 Å². The Morgan fingerprint density at radius 2 is 1.87 bits per heavy atom. The summed E-state index contributed by atoms with van der Waals surface area (Å²) in [6.07, 6.45) is 3.48. The second-order valence-electron chi connectivity index (χ2n) is 7.82. The molecule has 170 valence electrons. The van der Waals surface area contributed by atoms with Crippen LogP contribution in [0, 0.1) is 5.82 Å². The van der Waals surface area contributed by atoms with Gasteiger partial charge in [-0.1, -0.05) is 17.3 Å². The van der Waals surface area contributed by atoms with Crippen LogP contribution in [0.4, 0.5) is 4.39 Å². The second kappa shape index (κ2) is 9.82. The van der Waals surface area contributed by atoms with E-state index in [1.54, 1.807) is 13.1 Å². The average Bonchev–Trinajstić information content (AvgIpc) is 3.36. The molecule has 1 saturated heterocycles. The van der Waals surface area contributed by atoms with Gasteiger partial charge in [0.1, 0.15) is 17.8 Å². The number of guanidine groups is 1. The van der Waals surface area contributed by atoms with Crippen LogP contribution in [-0.2, 0) is 21.2 Å². The predicted molar refractivity (Wildman–Crippen MR) is 126 cm³/mol. The number of piperazine rings is 1. The lowest BCUT2D eigenvalue weighted by Crippen LogP contribution is -2.54. The van der Waals surface area contributed by atoms with E-state index in [-0.39, 0.29) is 41.0 Å². The number of hydrogen-bond acceptors (Lipinski definition) is 5. The Bertz CT molecular complexity index is 986. The van der Waals surface area contributed by atoms with E-state index >= 15 is 0 Å². The van der Waals surface area contributed by atoms with E-state index in [0.717, 1.165) is 30.9 Å². The topological polar surface area (TPSA) is 91.0 Å². The molecule has 1 aromatic carbocycles. The van der Waals surface area contributed by atoms with Crippen LogP contribution in [0.15, 0.2) is 46.1 Å². The molecule has 1 N–H and O–H groups in total. The highest BCUT2D eigenvalue weighted by molar-refractivity contribution is 14.0. The number of halogens is 2. The number of aliphatic imine (C=N–C) groups is 1. The van der Waals surface area contributed by atoms with Gasteiger partial charge in [-0.2, -0.15) is 4.31 Å². The normalized spacial score (nSPS) is 19.0. The molecule has 1 aliphatic heterocycles. The summed E-state index contributed by atoms with van der Waals surface area (Å²) in [5.41, 5.74) is 1.56. The monoisotopic (exact) mass is 563 g/mol. The van der Waals surface area contributed by atoms with Gasteiger partial charge in [0, 0.05) is 51.3 Å². The van der Waals surface area contributed by atoms with Crippen LogP contribution >= 0.6 is 24.0 Å². The molecule has 0 bridgehead atoms. The maximum Gasteiger partial charge on any atom is 0.220 e. The van der Waals surface area contributed by atoms with Crippen molar-refractivity contribution in [2.24, 2.45) is 4.99 Å². The van der Waals surface area contributed by atoms with Gasteiger partial charge in [0.25, 0.3) is 0 Å². The third-order valence-corrected chi connectivity index (χ3v) is 7.67. The average molecular weight is 563 g/mol. The summed E-state index contributed by atoms with van der Waals surface area (Å²) >= 11 is 0. The third-order valence-electron chi connectivity index (χ3n) is 5.86. The first kappa shape index (κ1) is 23.9. The first-order valence-corrected chi connectivity index (χ1v) is 11.6. The fraction of sp³-hybridized carbons (Fsp3) is 0.500. The van der Waals surface area contributed by atoms with Crippen molar-refractivity contribution in [2.75, 3.05) is 39.8 Å². The highest BCUT2D eigenvalue weighted by Gasteiger charge is 2.44. The number of nitrogens with zero attached hydrogens (tertiary/aromatic N) is 4. The zero-order valence-corrected chi connectivity index (χ0v) is 20.5. The van der Waals surface area contributed by atoms with Crippen LogP contribution in [0.25, 0.3) is 0 Å². The van der Waals surface area contributed by atoms with Gasteiger partial charge >= 0.3 is 0 Å². The summed E-state index contributed by atoms with van der Waals surface area (Å²) in [5.74, 6) is 0.378. The summed E-state index contributed by atoms with van der Waals surface area (Å²) < 4.78 is 44.6. The van der Waals surface area contributed by atoms with E-state index in [1.165, 1.54) is 22.7 Å². The molecule has 1 aliphatic carbocycles. The van der Waals surface area contributed by atoms with E-state index < -0.39 is 10.0 Å². The lowest BCUT2D eigenvalue weighted by atomic mass is 9.96. The SMILES string of the molecule is CN=C(NCC1(c2ccc(F)cc2)CC1)N1CCN(S(=O)(=O)Cc2ccon2)CC1.I. The van der Waals surface area contributed by atoms with Crippen molar-refractivity contribution in [3.05, 3.63) is 53.7 Å². The Morgan fingerprint density at radius 3 is 2.42 bits per heavy atom. The van der Waals surface area contributed by atoms with E-state index in [0.29, 0.717) is 31.9 Å². The molecule has 2 aliphatic rings. The summed E-state index contributed by atoms with van der Waals surface area (Å²) in [6, 6.07) is 8.27. The molecule has 1 saturated carbocycles. The molecule has 2 fully saturated rings. The number of sulfonamides is 1. The first-order valence-electron chi connectivity index (χ1n) is 10.0. The van der Waals surface area contributed by atoms with Crippen molar-refractivity contribution >= 4 is 40.0 Å². The van der Waals surface area contributed by atoms with Crippen LogP contribution in [0.5, 0.6) is 0 Å². The summed E-state index contributed by atoms with van der Waals surface area (Å²) in [4.78, 5) is 6.45. The highest BCUT2D eigenvalue weighted by Crippen LogP contribution is 2.47. The highest BCUT2D eigenvalue weighted by atomic mass is 127. The fourth-order valence-corrected chi connectivity index (χ4v) is 5.30. The van der Waals surface area contributed by atoms with Crippen molar-refractivity contribution in [1.29, 1.82) is 0 Å². The van der Waals surface area contributed by atoms with Gasteiger partial charge in [-0.25, -0.2) is 12.8 Å². The lowest BCUT2D eigenvalue weighted by molar-refractivity contribution is 0.259. The minimum Gasteiger partial charge on any atom is -0.364 e. The number of rotatable bonds is 6. The van der Waals surface area contributed by atoms with Crippen LogP contribution in [0.3, 0.4) is 0 Å². The zero-order chi connectivity index (χ0) is 21.2. The molecular formula is C20H27FIN5O3S. The maximum atomic E-state index is 13.2. The molecule has 8 nitrogen and oxygen atoms in total. The minimum atomic E-state index is -3.43. The Balaban J connectivity index is 0.00000272. The van der Waals surface area contributed by atoms with Crippen molar-refractivity contribution in [3.63, 3.8) is 0 Å². The molecule has 31 heavy (non-hydrogen) atoms. The quantitative estimate of drug-likeness (QED) is 0.330. The molecule has 0 spiro atoms. The molecule has 0 amide bonds. The molecular weight excluding hydrogens is 536 g/mol.